The largest absolute Gasteiger partial charge is 0.396 e. The summed E-state index contributed by atoms with van der Waals surface area (Å²) in [4.78, 5) is 1.16. The van der Waals surface area contributed by atoms with Crippen molar-refractivity contribution in [3.8, 4) is 6.07 Å². The summed E-state index contributed by atoms with van der Waals surface area (Å²) in [6.07, 6.45) is 0.623. The Bertz CT molecular complexity index is 578. The molecule has 2 rings (SSSR count). The Kier molecular flexibility index (Phi) is 4.80. The second-order valence-corrected chi connectivity index (χ2v) is 5.42. The molecule has 3 nitrogen and oxygen atoms in total. The quantitative estimate of drug-likeness (QED) is 0.881. The van der Waals surface area contributed by atoms with E-state index in [0.717, 1.165) is 10.6 Å². The first-order chi connectivity index (χ1) is 9.24. The predicted molar refractivity (Wildman–Crippen MR) is 78.6 cm³/mol. The van der Waals surface area contributed by atoms with Crippen LogP contribution >= 0.6 is 22.9 Å². The average molecular weight is 293 g/mol. The Labute approximate surface area is 121 Å². The fraction of sp³-hybridized carbons (Fsp3) is 0.214. The number of benzene rings is 1. The third-order valence-corrected chi connectivity index (χ3v) is 4.03. The second-order valence-electron chi connectivity index (χ2n) is 4.03. The molecular formula is C14H13ClN2OS. The molecule has 1 heterocycles. The zero-order chi connectivity index (χ0) is 13.7. The smallest absolute Gasteiger partial charge is 0.101 e. The van der Waals surface area contributed by atoms with Gasteiger partial charge in [-0.15, -0.1) is 11.3 Å². The van der Waals surface area contributed by atoms with Crippen molar-refractivity contribution in [2.75, 3.05) is 11.9 Å². The lowest BCUT2D eigenvalue weighted by molar-refractivity contribution is 0.280. The lowest BCUT2D eigenvalue weighted by Crippen LogP contribution is -2.11. The molecule has 0 radical (unpaired) electrons. The van der Waals surface area contributed by atoms with Gasteiger partial charge in [0.1, 0.15) is 6.07 Å². The number of aliphatic hydroxyl groups excluding tert-OH is 1. The number of nitriles is 1. The van der Waals surface area contributed by atoms with Crippen LogP contribution in [-0.2, 0) is 0 Å². The highest BCUT2D eigenvalue weighted by molar-refractivity contribution is 7.10. The molecule has 5 heteroatoms. The molecule has 0 aliphatic heterocycles. The van der Waals surface area contributed by atoms with E-state index >= 15 is 0 Å². The van der Waals surface area contributed by atoms with Gasteiger partial charge in [-0.3, -0.25) is 0 Å². The SMILES string of the molecule is N#Cc1ccc(N[C@@H](CCO)c2cccs2)cc1Cl. The van der Waals surface area contributed by atoms with E-state index in [9.17, 15) is 0 Å². The lowest BCUT2D eigenvalue weighted by atomic mass is 10.1. The van der Waals surface area contributed by atoms with Crippen molar-refractivity contribution in [2.24, 2.45) is 0 Å². The summed E-state index contributed by atoms with van der Waals surface area (Å²) < 4.78 is 0. The molecule has 2 N–H and O–H groups in total. The van der Waals surface area contributed by atoms with E-state index in [-0.39, 0.29) is 12.6 Å². The van der Waals surface area contributed by atoms with Crippen molar-refractivity contribution < 1.29 is 5.11 Å². The number of rotatable bonds is 5. The first-order valence-electron chi connectivity index (χ1n) is 5.85. The van der Waals surface area contributed by atoms with Crippen LogP contribution in [0.5, 0.6) is 0 Å². The van der Waals surface area contributed by atoms with Crippen LogP contribution in [0, 0.1) is 11.3 Å². The topological polar surface area (TPSA) is 56.0 Å². The average Bonchev–Trinajstić information content (AvgIpc) is 2.92. The number of hydrogen-bond donors (Lipinski definition) is 2. The maximum absolute atomic E-state index is 9.15. The number of aliphatic hydroxyl groups is 1. The van der Waals surface area contributed by atoms with Crippen molar-refractivity contribution >= 4 is 28.6 Å². The summed E-state index contributed by atoms with van der Waals surface area (Å²) in [5, 5.41) is 23.8. The molecule has 1 aromatic heterocycles. The third-order valence-electron chi connectivity index (χ3n) is 2.73. The maximum Gasteiger partial charge on any atom is 0.101 e. The Morgan fingerprint density at radius 1 is 1.42 bits per heavy atom. The molecular weight excluding hydrogens is 280 g/mol. The lowest BCUT2D eigenvalue weighted by Gasteiger charge is -2.18. The number of anilines is 1. The van der Waals surface area contributed by atoms with Gasteiger partial charge in [0.15, 0.2) is 0 Å². The number of nitrogens with zero attached hydrogens (tertiary/aromatic N) is 1. The van der Waals surface area contributed by atoms with Crippen LogP contribution in [0.4, 0.5) is 5.69 Å². The molecule has 0 amide bonds. The molecule has 0 bridgehead atoms. The van der Waals surface area contributed by atoms with Gasteiger partial charge in [0, 0.05) is 17.2 Å². The van der Waals surface area contributed by atoms with Gasteiger partial charge in [-0.1, -0.05) is 17.7 Å². The van der Waals surface area contributed by atoms with Gasteiger partial charge in [-0.2, -0.15) is 5.26 Å². The van der Waals surface area contributed by atoms with E-state index in [1.54, 1.807) is 23.5 Å². The summed E-state index contributed by atoms with van der Waals surface area (Å²) >= 11 is 7.65. The molecule has 1 aromatic carbocycles. The maximum atomic E-state index is 9.15. The molecule has 0 aliphatic rings. The van der Waals surface area contributed by atoms with Gasteiger partial charge in [0.05, 0.1) is 16.6 Å². The van der Waals surface area contributed by atoms with E-state index in [1.807, 2.05) is 29.6 Å². The van der Waals surface area contributed by atoms with Crippen molar-refractivity contribution in [1.82, 2.24) is 0 Å². The van der Waals surface area contributed by atoms with Crippen LogP contribution in [0.3, 0.4) is 0 Å². The Balaban J connectivity index is 2.18. The van der Waals surface area contributed by atoms with Gasteiger partial charge < -0.3 is 10.4 Å². The van der Waals surface area contributed by atoms with Crippen LogP contribution < -0.4 is 5.32 Å². The zero-order valence-electron chi connectivity index (χ0n) is 10.1. The highest BCUT2D eigenvalue weighted by Gasteiger charge is 2.12. The molecule has 98 valence electrons. The summed E-state index contributed by atoms with van der Waals surface area (Å²) in [6, 6.07) is 11.3. The minimum atomic E-state index is 0.0500. The highest BCUT2D eigenvalue weighted by Crippen LogP contribution is 2.28. The van der Waals surface area contributed by atoms with Gasteiger partial charge >= 0.3 is 0 Å². The first kappa shape index (κ1) is 13.9. The Hall–Kier alpha value is -1.54. The minimum absolute atomic E-state index is 0.0500. The van der Waals surface area contributed by atoms with Crippen molar-refractivity contribution in [1.29, 1.82) is 5.26 Å². The van der Waals surface area contributed by atoms with Crippen molar-refractivity contribution in [3.05, 3.63) is 51.2 Å². The van der Waals surface area contributed by atoms with Gasteiger partial charge in [-0.25, -0.2) is 0 Å². The Morgan fingerprint density at radius 3 is 2.84 bits per heavy atom. The van der Waals surface area contributed by atoms with Crippen molar-refractivity contribution in [2.45, 2.75) is 12.5 Å². The van der Waals surface area contributed by atoms with E-state index in [1.165, 1.54) is 0 Å². The number of thiophene rings is 1. The monoisotopic (exact) mass is 292 g/mol. The number of nitrogens with one attached hydrogen (secondary N) is 1. The minimum Gasteiger partial charge on any atom is -0.396 e. The summed E-state index contributed by atoms with van der Waals surface area (Å²) in [6.45, 7) is 0.111. The fourth-order valence-electron chi connectivity index (χ4n) is 1.80. The molecule has 19 heavy (non-hydrogen) atoms. The van der Waals surface area contributed by atoms with E-state index < -0.39 is 0 Å². The van der Waals surface area contributed by atoms with Crippen LogP contribution in [0.1, 0.15) is 22.9 Å². The predicted octanol–water partition coefficient (Wildman–Crippen LogP) is 3.81. The van der Waals surface area contributed by atoms with Gasteiger partial charge in [0.2, 0.25) is 0 Å². The molecule has 0 fully saturated rings. The first-order valence-corrected chi connectivity index (χ1v) is 7.11. The standard InChI is InChI=1S/C14H13ClN2OS/c15-12-8-11(4-3-10(12)9-16)17-13(5-6-18)14-2-1-7-19-14/h1-4,7-8,13,17-18H,5-6H2/t13-/m0/s1. The summed E-state index contributed by atoms with van der Waals surface area (Å²) in [7, 11) is 0. The normalized spacial score (nSPS) is 11.8. The molecule has 0 spiro atoms. The molecule has 0 unspecified atom stereocenters. The van der Waals surface area contributed by atoms with Crippen LogP contribution in [0.2, 0.25) is 5.02 Å². The summed E-state index contributed by atoms with van der Waals surface area (Å²) in [5.41, 5.74) is 1.30. The van der Waals surface area contributed by atoms with E-state index in [4.69, 9.17) is 22.0 Å². The zero-order valence-corrected chi connectivity index (χ0v) is 11.7. The molecule has 0 saturated heterocycles. The molecule has 1 atom stereocenters. The Morgan fingerprint density at radius 2 is 2.26 bits per heavy atom. The second kappa shape index (κ2) is 6.58. The third kappa shape index (κ3) is 3.48. The fourth-order valence-corrected chi connectivity index (χ4v) is 2.84. The van der Waals surface area contributed by atoms with Gasteiger partial charge in [0.25, 0.3) is 0 Å². The number of hydrogen-bond acceptors (Lipinski definition) is 4. The number of halogens is 1. The van der Waals surface area contributed by atoms with Gasteiger partial charge in [-0.05, 0) is 36.1 Å². The molecule has 2 aromatic rings. The van der Waals surface area contributed by atoms with Crippen LogP contribution in [0.15, 0.2) is 35.7 Å². The van der Waals surface area contributed by atoms with Crippen LogP contribution in [0.25, 0.3) is 0 Å². The van der Waals surface area contributed by atoms with E-state index in [2.05, 4.69) is 5.32 Å². The molecule has 0 saturated carbocycles. The molecule has 0 aliphatic carbocycles. The highest BCUT2D eigenvalue weighted by atomic mass is 35.5. The van der Waals surface area contributed by atoms with E-state index in [0.29, 0.717) is 17.0 Å². The van der Waals surface area contributed by atoms with Crippen molar-refractivity contribution in [3.63, 3.8) is 0 Å². The van der Waals surface area contributed by atoms with Crippen LogP contribution in [-0.4, -0.2) is 11.7 Å². The summed E-state index contributed by atoms with van der Waals surface area (Å²) in [5.74, 6) is 0.